The molecule has 1 aliphatic carbocycles. The van der Waals surface area contributed by atoms with Crippen molar-refractivity contribution in [3.63, 3.8) is 0 Å². The van der Waals surface area contributed by atoms with Gasteiger partial charge in [0, 0.05) is 6.54 Å². The molecule has 0 aliphatic heterocycles. The Bertz CT molecular complexity index is 527. The van der Waals surface area contributed by atoms with Crippen molar-refractivity contribution in [3.05, 3.63) is 29.8 Å². The molecule has 0 bridgehead atoms. The Balaban J connectivity index is 2.05. The standard InChI is InChI=1S/C14H21NO3S/c1-2-11-5-3-7-13(9-11)19(17,18)15-10-12-6-4-8-14(12)16/h3,5,7,9,12,14-16H,2,4,6,8,10H2,1H3/t12-,14+/m0/s1. The van der Waals surface area contributed by atoms with E-state index in [1.54, 1.807) is 18.2 Å². The summed E-state index contributed by atoms with van der Waals surface area (Å²) in [4.78, 5) is 0.305. The number of rotatable bonds is 5. The Hall–Kier alpha value is -0.910. The van der Waals surface area contributed by atoms with Gasteiger partial charge in [-0.15, -0.1) is 0 Å². The van der Waals surface area contributed by atoms with E-state index in [4.69, 9.17) is 0 Å². The van der Waals surface area contributed by atoms with Gasteiger partial charge in [0.15, 0.2) is 0 Å². The van der Waals surface area contributed by atoms with Crippen LogP contribution in [0.4, 0.5) is 0 Å². The highest BCUT2D eigenvalue weighted by atomic mass is 32.2. The van der Waals surface area contributed by atoms with E-state index in [0.717, 1.165) is 31.2 Å². The third-order valence-corrected chi connectivity index (χ3v) is 5.19. The van der Waals surface area contributed by atoms with Crippen LogP contribution in [0.2, 0.25) is 0 Å². The van der Waals surface area contributed by atoms with Gasteiger partial charge >= 0.3 is 0 Å². The summed E-state index contributed by atoms with van der Waals surface area (Å²) >= 11 is 0. The molecule has 1 aliphatic rings. The molecule has 1 aromatic carbocycles. The molecule has 1 aromatic rings. The van der Waals surface area contributed by atoms with Crippen molar-refractivity contribution in [2.45, 2.75) is 43.6 Å². The fourth-order valence-corrected chi connectivity index (χ4v) is 3.65. The number of sulfonamides is 1. The van der Waals surface area contributed by atoms with Gasteiger partial charge < -0.3 is 5.11 Å². The van der Waals surface area contributed by atoms with Crippen molar-refractivity contribution >= 4 is 10.0 Å². The van der Waals surface area contributed by atoms with Gasteiger partial charge in [-0.05, 0) is 42.9 Å². The number of nitrogens with one attached hydrogen (secondary N) is 1. The third kappa shape index (κ3) is 3.55. The van der Waals surface area contributed by atoms with Crippen LogP contribution in [0, 0.1) is 5.92 Å². The van der Waals surface area contributed by atoms with Crippen LogP contribution < -0.4 is 4.72 Å². The summed E-state index contributed by atoms with van der Waals surface area (Å²) in [6.45, 7) is 2.31. The largest absolute Gasteiger partial charge is 0.393 e. The zero-order valence-corrected chi connectivity index (χ0v) is 12.0. The summed E-state index contributed by atoms with van der Waals surface area (Å²) in [5, 5.41) is 9.70. The summed E-state index contributed by atoms with van der Waals surface area (Å²) in [5.41, 5.74) is 1.00. The molecule has 1 saturated carbocycles. The molecule has 2 atom stereocenters. The zero-order valence-electron chi connectivity index (χ0n) is 11.2. The van der Waals surface area contributed by atoms with E-state index in [-0.39, 0.29) is 12.0 Å². The van der Waals surface area contributed by atoms with Gasteiger partial charge in [-0.25, -0.2) is 13.1 Å². The van der Waals surface area contributed by atoms with Crippen molar-refractivity contribution < 1.29 is 13.5 Å². The van der Waals surface area contributed by atoms with E-state index in [0.29, 0.717) is 11.4 Å². The monoisotopic (exact) mass is 283 g/mol. The molecular formula is C14H21NO3S. The molecule has 0 spiro atoms. The molecule has 1 fully saturated rings. The number of hydrogen-bond donors (Lipinski definition) is 2. The highest BCUT2D eigenvalue weighted by Gasteiger charge is 2.26. The second kappa shape index (κ2) is 6.03. The van der Waals surface area contributed by atoms with Crippen LogP contribution >= 0.6 is 0 Å². The number of hydrogen-bond acceptors (Lipinski definition) is 3. The molecule has 0 aromatic heterocycles. The molecule has 19 heavy (non-hydrogen) atoms. The van der Waals surface area contributed by atoms with Crippen LogP contribution in [0.1, 0.15) is 31.7 Å². The van der Waals surface area contributed by atoms with Gasteiger partial charge in [-0.2, -0.15) is 0 Å². The summed E-state index contributed by atoms with van der Waals surface area (Å²) in [7, 11) is -3.46. The third-order valence-electron chi connectivity index (χ3n) is 3.77. The summed E-state index contributed by atoms with van der Waals surface area (Å²) < 4.78 is 27.0. The second-order valence-corrected chi connectivity index (χ2v) is 6.88. The maximum absolute atomic E-state index is 12.2. The highest BCUT2D eigenvalue weighted by Crippen LogP contribution is 2.25. The van der Waals surface area contributed by atoms with Gasteiger partial charge in [0.2, 0.25) is 10.0 Å². The zero-order chi connectivity index (χ0) is 13.9. The van der Waals surface area contributed by atoms with Crippen LogP contribution in [0.25, 0.3) is 0 Å². The molecule has 2 rings (SSSR count). The Morgan fingerprint density at radius 2 is 2.16 bits per heavy atom. The first kappa shape index (κ1) is 14.5. The van der Waals surface area contributed by atoms with Crippen molar-refractivity contribution in [2.75, 3.05) is 6.54 Å². The first-order valence-corrected chi connectivity index (χ1v) is 8.28. The lowest BCUT2D eigenvalue weighted by atomic mass is 10.1. The van der Waals surface area contributed by atoms with Gasteiger partial charge in [0.1, 0.15) is 0 Å². The summed E-state index contributed by atoms with van der Waals surface area (Å²) in [6.07, 6.45) is 3.07. The maximum Gasteiger partial charge on any atom is 0.240 e. The van der Waals surface area contributed by atoms with Crippen LogP contribution in [0.3, 0.4) is 0 Å². The van der Waals surface area contributed by atoms with Gasteiger partial charge in [-0.1, -0.05) is 25.5 Å². The average Bonchev–Trinajstić information content (AvgIpc) is 2.82. The second-order valence-electron chi connectivity index (χ2n) is 5.11. The molecule has 0 unspecified atom stereocenters. The Labute approximate surface area is 114 Å². The van der Waals surface area contributed by atoms with Crippen LogP contribution in [-0.4, -0.2) is 26.2 Å². The van der Waals surface area contributed by atoms with E-state index in [2.05, 4.69) is 4.72 Å². The smallest absolute Gasteiger partial charge is 0.240 e. The highest BCUT2D eigenvalue weighted by molar-refractivity contribution is 7.89. The molecule has 0 heterocycles. The quantitative estimate of drug-likeness (QED) is 0.864. The van der Waals surface area contributed by atoms with Gasteiger partial charge in [0.05, 0.1) is 11.0 Å². The van der Waals surface area contributed by atoms with Crippen LogP contribution in [0.15, 0.2) is 29.2 Å². The van der Waals surface area contributed by atoms with E-state index < -0.39 is 10.0 Å². The van der Waals surface area contributed by atoms with E-state index in [1.165, 1.54) is 0 Å². The molecule has 0 saturated heterocycles. The van der Waals surface area contributed by atoms with Crippen molar-refractivity contribution in [1.82, 2.24) is 4.72 Å². The van der Waals surface area contributed by atoms with E-state index in [9.17, 15) is 13.5 Å². The lowest BCUT2D eigenvalue weighted by Crippen LogP contribution is -2.32. The van der Waals surface area contributed by atoms with Crippen molar-refractivity contribution in [1.29, 1.82) is 0 Å². The predicted octanol–water partition coefficient (Wildman–Crippen LogP) is 1.69. The van der Waals surface area contributed by atoms with Crippen LogP contribution in [0.5, 0.6) is 0 Å². The lowest BCUT2D eigenvalue weighted by Gasteiger charge is -2.15. The SMILES string of the molecule is CCc1cccc(S(=O)(=O)NC[C@@H]2CCC[C@H]2O)c1. The Kier molecular flexibility index (Phi) is 4.60. The topological polar surface area (TPSA) is 66.4 Å². The summed E-state index contributed by atoms with van der Waals surface area (Å²) in [6, 6.07) is 6.98. The van der Waals surface area contributed by atoms with Gasteiger partial charge in [-0.3, -0.25) is 0 Å². The summed E-state index contributed by atoms with van der Waals surface area (Å²) in [5.74, 6) is 0.0455. The van der Waals surface area contributed by atoms with Gasteiger partial charge in [0.25, 0.3) is 0 Å². The Morgan fingerprint density at radius 3 is 2.79 bits per heavy atom. The first-order chi connectivity index (χ1) is 9.03. The molecule has 4 nitrogen and oxygen atoms in total. The molecule has 106 valence electrons. The first-order valence-electron chi connectivity index (χ1n) is 6.79. The molecule has 2 N–H and O–H groups in total. The number of aliphatic hydroxyl groups is 1. The number of aryl methyl sites for hydroxylation is 1. The van der Waals surface area contributed by atoms with Crippen molar-refractivity contribution in [2.24, 2.45) is 5.92 Å². The van der Waals surface area contributed by atoms with E-state index >= 15 is 0 Å². The maximum atomic E-state index is 12.2. The molecule has 0 radical (unpaired) electrons. The predicted molar refractivity (Wildman–Crippen MR) is 74.4 cm³/mol. The Morgan fingerprint density at radius 1 is 1.37 bits per heavy atom. The van der Waals surface area contributed by atoms with Crippen molar-refractivity contribution in [3.8, 4) is 0 Å². The molecule has 5 heteroatoms. The minimum absolute atomic E-state index is 0.0455. The lowest BCUT2D eigenvalue weighted by molar-refractivity contribution is 0.134. The fraction of sp³-hybridized carbons (Fsp3) is 0.571. The van der Waals surface area contributed by atoms with Crippen LogP contribution in [-0.2, 0) is 16.4 Å². The fourth-order valence-electron chi connectivity index (χ4n) is 2.49. The molecule has 0 amide bonds. The molecular weight excluding hydrogens is 262 g/mol. The average molecular weight is 283 g/mol. The minimum Gasteiger partial charge on any atom is -0.393 e. The minimum atomic E-state index is -3.46. The number of aliphatic hydroxyl groups excluding tert-OH is 1. The normalized spacial score (nSPS) is 23.7. The van der Waals surface area contributed by atoms with E-state index in [1.807, 2.05) is 13.0 Å². The number of benzene rings is 1.